The van der Waals surface area contributed by atoms with Crippen molar-refractivity contribution in [3.63, 3.8) is 0 Å². The highest BCUT2D eigenvalue weighted by molar-refractivity contribution is 7.92. The van der Waals surface area contributed by atoms with E-state index in [1.54, 1.807) is 29.2 Å². The molecule has 1 aliphatic rings. The molecule has 0 bridgehead atoms. The molecule has 3 rings (SSSR count). The van der Waals surface area contributed by atoms with E-state index in [1.807, 2.05) is 0 Å². The van der Waals surface area contributed by atoms with Crippen LogP contribution in [0.1, 0.15) is 22.3 Å². The molecule has 3 N–H and O–H groups in total. The predicted octanol–water partition coefficient (Wildman–Crippen LogP) is 2.36. The van der Waals surface area contributed by atoms with Gasteiger partial charge in [-0.2, -0.15) is 0 Å². The third kappa shape index (κ3) is 4.28. The second kappa shape index (κ2) is 7.66. The van der Waals surface area contributed by atoms with Gasteiger partial charge in [0.25, 0.3) is 15.9 Å². The molecule has 0 aliphatic carbocycles. The van der Waals surface area contributed by atoms with Gasteiger partial charge in [-0.3, -0.25) is 9.52 Å². The molecular weight excluding hydrogens is 369 g/mol. The van der Waals surface area contributed by atoms with Crippen molar-refractivity contribution in [2.45, 2.75) is 18.2 Å². The van der Waals surface area contributed by atoms with Gasteiger partial charge in [0.1, 0.15) is 5.82 Å². The number of anilines is 1. The summed E-state index contributed by atoms with van der Waals surface area (Å²) in [6.07, 6.45) is 0.900. The van der Waals surface area contributed by atoms with Crippen LogP contribution >= 0.6 is 0 Å². The third-order valence-electron chi connectivity index (χ3n) is 4.72. The molecule has 1 saturated heterocycles. The maximum atomic E-state index is 13.2. The fourth-order valence-electron chi connectivity index (χ4n) is 3.20. The van der Waals surface area contributed by atoms with Crippen molar-refractivity contribution in [2.24, 2.45) is 11.7 Å². The van der Waals surface area contributed by atoms with E-state index in [-0.39, 0.29) is 10.8 Å². The molecule has 2 aromatic carbocycles. The summed E-state index contributed by atoms with van der Waals surface area (Å²) in [5.41, 5.74) is 6.80. The van der Waals surface area contributed by atoms with Gasteiger partial charge in [0.2, 0.25) is 0 Å². The molecule has 1 aliphatic heterocycles. The zero-order chi connectivity index (χ0) is 19.6. The number of halogens is 1. The summed E-state index contributed by atoms with van der Waals surface area (Å²) in [5, 5.41) is 0. The molecule has 0 radical (unpaired) electrons. The minimum absolute atomic E-state index is 0.00828. The van der Waals surface area contributed by atoms with E-state index in [2.05, 4.69) is 4.72 Å². The Bertz CT molecular complexity index is 945. The number of carbonyl (C=O) groups is 1. The number of nitrogens with two attached hydrogens (primary N) is 1. The molecule has 6 nitrogen and oxygen atoms in total. The van der Waals surface area contributed by atoms with Crippen molar-refractivity contribution in [1.82, 2.24) is 4.90 Å². The lowest BCUT2D eigenvalue weighted by Gasteiger charge is -2.16. The van der Waals surface area contributed by atoms with Gasteiger partial charge in [-0.1, -0.05) is 0 Å². The van der Waals surface area contributed by atoms with E-state index < -0.39 is 15.8 Å². The van der Waals surface area contributed by atoms with Crippen molar-refractivity contribution >= 4 is 21.6 Å². The van der Waals surface area contributed by atoms with Crippen LogP contribution in [0.4, 0.5) is 10.1 Å². The fraction of sp³-hybridized carbons (Fsp3) is 0.316. The van der Waals surface area contributed by atoms with Crippen molar-refractivity contribution in [3.05, 3.63) is 59.4 Å². The number of carbonyl (C=O) groups excluding carboxylic acids is 1. The Labute approximate surface area is 158 Å². The Morgan fingerprint density at radius 1 is 1.26 bits per heavy atom. The first-order valence-electron chi connectivity index (χ1n) is 8.68. The van der Waals surface area contributed by atoms with Crippen LogP contribution in [0.2, 0.25) is 0 Å². The van der Waals surface area contributed by atoms with Crippen LogP contribution in [0.15, 0.2) is 47.4 Å². The molecule has 0 aromatic heterocycles. The lowest BCUT2D eigenvalue weighted by Crippen LogP contribution is -2.29. The van der Waals surface area contributed by atoms with Gasteiger partial charge in [0.15, 0.2) is 0 Å². The minimum atomic E-state index is -3.85. The molecule has 0 saturated carbocycles. The topological polar surface area (TPSA) is 92.5 Å². The second-order valence-corrected chi connectivity index (χ2v) is 8.39. The Kier molecular flexibility index (Phi) is 5.48. The number of rotatable bonds is 5. The zero-order valence-corrected chi connectivity index (χ0v) is 15.8. The standard InChI is InChI=1S/C19H22FN3O3S/c1-13-10-16(20)4-7-18(13)27(25,26)22-17-5-2-15(3-6-17)19(24)23-9-8-14(11-21)12-23/h2-7,10,14,22H,8-9,11-12,21H2,1H3. The SMILES string of the molecule is Cc1cc(F)ccc1S(=O)(=O)Nc1ccc(C(=O)N2CCC(CN)C2)cc1. The van der Waals surface area contributed by atoms with Crippen molar-refractivity contribution in [3.8, 4) is 0 Å². The van der Waals surface area contributed by atoms with Crippen molar-refractivity contribution in [2.75, 3.05) is 24.4 Å². The first-order chi connectivity index (χ1) is 12.8. The molecule has 1 fully saturated rings. The monoisotopic (exact) mass is 391 g/mol. The molecule has 144 valence electrons. The lowest BCUT2D eigenvalue weighted by atomic mass is 10.1. The van der Waals surface area contributed by atoms with Gasteiger partial charge in [-0.25, -0.2) is 12.8 Å². The number of benzene rings is 2. The minimum Gasteiger partial charge on any atom is -0.338 e. The predicted molar refractivity (Wildman–Crippen MR) is 101 cm³/mol. The van der Waals surface area contributed by atoms with E-state index >= 15 is 0 Å². The summed E-state index contributed by atoms with van der Waals surface area (Å²) in [6.45, 7) is 3.42. The Morgan fingerprint density at radius 2 is 1.96 bits per heavy atom. The first kappa shape index (κ1) is 19.3. The summed E-state index contributed by atoms with van der Waals surface area (Å²) in [4.78, 5) is 14.3. The Balaban J connectivity index is 1.73. The maximum absolute atomic E-state index is 13.2. The summed E-state index contributed by atoms with van der Waals surface area (Å²) in [5.74, 6) is -0.248. The number of nitrogens with zero attached hydrogens (tertiary/aromatic N) is 1. The molecule has 27 heavy (non-hydrogen) atoms. The average molecular weight is 391 g/mol. The molecule has 2 aromatic rings. The van der Waals surface area contributed by atoms with E-state index in [9.17, 15) is 17.6 Å². The number of hydrogen-bond donors (Lipinski definition) is 2. The summed E-state index contributed by atoms with van der Waals surface area (Å²) < 4.78 is 40.7. The van der Waals surface area contributed by atoms with E-state index in [0.29, 0.717) is 42.4 Å². The highest BCUT2D eigenvalue weighted by atomic mass is 32.2. The van der Waals surface area contributed by atoms with Gasteiger partial charge >= 0.3 is 0 Å². The quantitative estimate of drug-likeness (QED) is 0.818. The fourth-order valence-corrected chi connectivity index (χ4v) is 4.48. The maximum Gasteiger partial charge on any atom is 0.262 e. The molecule has 8 heteroatoms. The summed E-state index contributed by atoms with van der Waals surface area (Å²) in [6, 6.07) is 9.77. The number of amides is 1. The highest BCUT2D eigenvalue weighted by Crippen LogP contribution is 2.22. The van der Waals surface area contributed by atoms with Crippen LogP contribution in [-0.2, 0) is 10.0 Å². The third-order valence-corrected chi connectivity index (χ3v) is 6.26. The highest BCUT2D eigenvalue weighted by Gasteiger charge is 2.26. The van der Waals surface area contributed by atoms with Crippen molar-refractivity contribution < 1.29 is 17.6 Å². The second-order valence-electron chi connectivity index (χ2n) is 6.73. The first-order valence-corrected chi connectivity index (χ1v) is 10.2. The molecule has 1 unspecified atom stereocenters. The number of nitrogens with one attached hydrogen (secondary N) is 1. The van der Waals surface area contributed by atoms with Gasteiger partial charge in [0, 0.05) is 24.3 Å². The average Bonchev–Trinajstić information content (AvgIpc) is 3.10. The zero-order valence-electron chi connectivity index (χ0n) is 15.0. The molecule has 1 amide bonds. The van der Waals surface area contributed by atoms with Crippen LogP contribution in [0.5, 0.6) is 0 Å². The molecule has 1 heterocycles. The molecule has 1 atom stereocenters. The largest absolute Gasteiger partial charge is 0.338 e. The number of likely N-dealkylation sites (tertiary alicyclic amines) is 1. The van der Waals surface area contributed by atoms with Crippen LogP contribution in [-0.4, -0.2) is 38.9 Å². The Morgan fingerprint density at radius 3 is 2.56 bits per heavy atom. The number of hydrogen-bond acceptors (Lipinski definition) is 4. The van der Waals surface area contributed by atoms with Gasteiger partial charge < -0.3 is 10.6 Å². The van der Waals surface area contributed by atoms with E-state index in [4.69, 9.17) is 5.73 Å². The Hall–Kier alpha value is -2.45. The number of aryl methyl sites for hydroxylation is 1. The summed E-state index contributed by atoms with van der Waals surface area (Å²) >= 11 is 0. The van der Waals surface area contributed by atoms with E-state index in [0.717, 1.165) is 12.5 Å². The van der Waals surface area contributed by atoms with Gasteiger partial charge in [0.05, 0.1) is 4.90 Å². The number of sulfonamides is 1. The van der Waals surface area contributed by atoms with Crippen LogP contribution < -0.4 is 10.5 Å². The summed E-state index contributed by atoms with van der Waals surface area (Å²) in [7, 11) is -3.85. The lowest BCUT2D eigenvalue weighted by molar-refractivity contribution is 0.0787. The van der Waals surface area contributed by atoms with Crippen LogP contribution in [0.3, 0.4) is 0 Å². The van der Waals surface area contributed by atoms with Crippen LogP contribution in [0, 0.1) is 18.7 Å². The normalized spacial score (nSPS) is 17.1. The van der Waals surface area contributed by atoms with Gasteiger partial charge in [-0.05, 0) is 73.8 Å². The molecule has 0 spiro atoms. The van der Waals surface area contributed by atoms with E-state index in [1.165, 1.54) is 19.1 Å². The van der Waals surface area contributed by atoms with Crippen LogP contribution in [0.25, 0.3) is 0 Å². The smallest absolute Gasteiger partial charge is 0.262 e. The molecular formula is C19H22FN3O3S. The van der Waals surface area contributed by atoms with Gasteiger partial charge in [-0.15, -0.1) is 0 Å². The van der Waals surface area contributed by atoms with Crippen molar-refractivity contribution in [1.29, 1.82) is 0 Å².